The van der Waals surface area contributed by atoms with E-state index >= 15 is 0 Å². The Balaban J connectivity index is 1.63. The summed E-state index contributed by atoms with van der Waals surface area (Å²) in [7, 11) is 0. The van der Waals surface area contributed by atoms with E-state index in [-0.39, 0.29) is 11.9 Å². The third kappa shape index (κ3) is 5.69. The van der Waals surface area contributed by atoms with Crippen LogP contribution in [0.25, 0.3) is 16.3 Å². The largest absolute Gasteiger partial charge is 0.464 e. The van der Waals surface area contributed by atoms with E-state index in [1.165, 1.54) is 23.4 Å². The van der Waals surface area contributed by atoms with Gasteiger partial charge in [0.25, 0.3) is 5.01 Å². The van der Waals surface area contributed by atoms with Crippen molar-refractivity contribution < 1.29 is 23.6 Å². The Kier molecular flexibility index (Phi) is 7.70. The fraction of sp³-hybridized carbons (Fsp3) is 0.269. The third-order valence-electron chi connectivity index (χ3n) is 5.22. The van der Waals surface area contributed by atoms with E-state index in [2.05, 4.69) is 52.8 Å². The number of benzene rings is 2. The lowest BCUT2D eigenvalue weighted by Crippen LogP contribution is -2.37. The minimum Gasteiger partial charge on any atom is -0.464 e. The number of nitrogens with zero attached hydrogens (tertiary/aromatic N) is 2. The first kappa shape index (κ1) is 24.0. The van der Waals surface area contributed by atoms with E-state index < -0.39 is 0 Å². The zero-order valence-electron chi connectivity index (χ0n) is 19.4. The summed E-state index contributed by atoms with van der Waals surface area (Å²) in [5.74, 6) is -0.547. The second-order valence-electron chi connectivity index (χ2n) is 7.83. The molecule has 1 aliphatic rings. The van der Waals surface area contributed by atoms with Gasteiger partial charge in [0, 0.05) is 30.9 Å². The Labute approximate surface area is 207 Å². The predicted molar refractivity (Wildman–Crippen MR) is 137 cm³/mol. The van der Waals surface area contributed by atoms with Gasteiger partial charge in [-0.15, -0.1) is 0 Å². The highest BCUT2D eigenvalue weighted by atomic mass is 32.2. The molecule has 4 rings (SSSR count). The van der Waals surface area contributed by atoms with Crippen LogP contribution in [0.15, 0.2) is 70.1 Å². The number of thiazole rings is 1. The zero-order chi connectivity index (χ0) is 24.1. The van der Waals surface area contributed by atoms with Crippen LogP contribution in [0.5, 0.6) is 0 Å². The highest BCUT2D eigenvalue weighted by Crippen LogP contribution is 2.46. The maximum Gasteiger partial charge on any atom is 0.302 e. The molecule has 1 aliphatic heterocycles. The maximum absolute atomic E-state index is 11.2. The van der Waals surface area contributed by atoms with E-state index in [1.54, 1.807) is 23.1 Å². The molecule has 8 heteroatoms. The van der Waals surface area contributed by atoms with Crippen LogP contribution in [0.4, 0.5) is 5.69 Å². The Bertz CT molecular complexity index is 1280. The Morgan fingerprint density at radius 2 is 1.68 bits per heavy atom. The summed E-state index contributed by atoms with van der Waals surface area (Å²) in [5.41, 5.74) is 3.34. The van der Waals surface area contributed by atoms with Gasteiger partial charge in [-0.3, -0.25) is 9.59 Å². The van der Waals surface area contributed by atoms with Crippen molar-refractivity contribution in [2.75, 3.05) is 24.7 Å². The van der Waals surface area contributed by atoms with Gasteiger partial charge in [0.15, 0.2) is 13.2 Å². The van der Waals surface area contributed by atoms with Crippen molar-refractivity contribution in [2.24, 2.45) is 0 Å². The number of hydrogen-bond donors (Lipinski definition) is 0. The summed E-state index contributed by atoms with van der Waals surface area (Å²) < 4.78 is 13.8. The molecule has 34 heavy (non-hydrogen) atoms. The molecular formula is C26H27N2O4S2+. The number of ether oxygens (including phenoxy) is 2. The maximum atomic E-state index is 11.2. The fourth-order valence-electron chi connectivity index (χ4n) is 3.77. The molecule has 6 nitrogen and oxygen atoms in total. The summed E-state index contributed by atoms with van der Waals surface area (Å²) in [5, 5.41) is 2.18. The molecule has 0 bridgehead atoms. The molecule has 0 atom stereocenters. The van der Waals surface area contributed by atoms with E-state index in [9.17, 15) is 9.59 Å². The highest BCUT2D eigenvalue weighted by molar-refractivity contribution is 8.03. The highest BCUT2D eigenvalue weighted by Gasteiger charge is 2.25. The summed E-state index contributed by atoms with van der Waals surface area (Å²) in [4.78, 5) is 25.9. The van der Waals surface area contributed by atoms with Crippen LogP contribution >= 0.6 is 23.1 Å². The molecule has 0 unspecified atom stereocenters. The lowest BCUT2D eigenvalue weighted by atomic mass is 10.2. The van der Waals surface area contributed by atoms with Crippen LogP contribution in [0, 0.1) is 0 Å². The number of hydrogen-bond acceptors (Lipinski definition) is 7. The summed E-state index contributed by atoms with van der Waals surface area (Å²) >= 11 is 3.43. The number of carbonyl (C=O) groups excluding carboxylic acids is 2. The molecule has 0 saturated heterocycles. The first-order valence-electron chi connectivity index (χ1n) is 11.0. The number of thioether (sulfide) groups is 1. The van der Waals surface area contributed by atoms with Crippen molar-refractivity contribution in [3.63, 3.8) is 0 Å². The average Bonchev–Trinajstić information content (AvgIpc) is 3.31. The molecule has 0 radical (unpaired) electrons. The van der Waals surface area contributed by atoms with Crippen molar-refractivity contribution >= 4 is 57.0 Å². The van der Waals surface area contributed by atoms with Crippen molar-refractivity contribution in [1.29, 1.82) is 0 Å². The number of fused-ring (bicyclic) bond motifs is 2. The molecular weight excluding hydrogens is 468 g/mol. The van der Waals surface area contributed by atoms with Crippen molar-refractivity contribution in [1.82, 2.24) is 0 Å². The molecule has 0 N–H and O–H groups in total. The second kappa shape index (κ2) is 10.9. The Morgan fingerprint density at radius 3 is 2.47 bits per heavy atom. The van der Waals surface area contributed by atoms with E-state index in [0.29, 0.717) is 26.3 Å². The van der Waals surface area contributed by atoms with Crippen LogP contribution in [0.1, 0.15) is 25.8 Å². The molecule has 2 heterocycles. The van der Waals surface area contributed by atoms with Gasteiger partial charge in [0.1, 0.15) is 11.3 Å². The topological polar surface area (TPSA) is 59.7 Å². The molecule has 176 valence electrons. The van der Waals surface area contributed by atoms with Crippen LogP contribution < -0.4 is 9.47 Å². The van der Waals surface area contributed by atoms with Crippen molar-refractivity contribution in [3.8, 4) is 0 Å². The molecule has 3 aromatic rings. The molecule has 0 amide bonds. The van der Waals surface area contributed by atoms with Gasteiger partial charge in [0.2, 0.25) is 5.52 Å². The number of carbonyl (C=O) groups is 2. The fourth-order valence-corrected chi connectivity index (χ4v) is 6.17. The van der Waals surface area contributed by atoms with Gasteiger partial charge in [-0.1, -0.05) is 47.4 Å². The predicted octanol–water partition coefficient (Wildman–Crippen LogP) is 5.17. The number of allylic oxidation sites excluding steroid dienone is 2. The number of para-hydroxylation sites is 2. The first-order chi connectivity index (χ1) is 16.4. The lowest BCUT2D eigenvalue weighted by molar-refractivity contribution is -0.669. The van der Waals surface area contributed by atoms with E-state index in [0.717, 1.165) is 26.8 Å². The second-order valence-corrected chi connectivity index (χ2v) is 9.96. The molecule has 0 fully saturated rings. The van der Waals surface area contributed by atoms with Crippen molar-refractivity contribution in [2.45, 2.75) is 32.2 Å². The first-order valence-corrected chi connectivity index (χ1v) is 12.7. The minimum absolute atomic E-state index is 0.273. The van der Waals surface area contributed by atoms with Crippen LogP contribution in [0.3, 0.4) is 0 Å². The number of esters is 2. The lowest BCUT2D eigenvalue weighted by Gasteiger charge is -2.20. The van der Waals surface area contributed by atoms with Gasteiger partial charge in [-0.2, -0.15) is 4.57 Å². The van der Waals surface area contributed by atoms with Gasteiger partial charge < -0.3 is 14.4 Å². The van der Waals surface area contributed by atoms with Gasteiger partial charge in [-0.05, 0) is 36.8 Å². The molecule has 0 spiro atoms. The van der Waals surface area contributed by atoms with Gasteiger partial charge in [0.05, 0.1) is 17.3 Å². The van der Waals surface area contributed by atoms with Crippen LogP contribution in [0.2, 0.25) is 0 Å². The molecule has 0 aliphatic carbocycles. The normalized spacial score (nSPS) is 14.5. The van der Waals surface area contributed by atoms with Crippen molar-refractivity contribution in [3.05, 3.63) is 70.2 Å². The summed E-state index contributed by atoms with van der Waals surface area (Å²) in [6, 6.07) is 16.5. The molecule has 0 saturated carbocycles. The quantitative estimate of drug-likeness (QED) is 0.317. The Morgan fingerprint density at radius 1 is 0.971 bits per heavy atom. The SMILES string of the molecule is CC(=O)OCCN1/C(=C/C(C)=C/c2sc3ccccc3[n+]2CCOC(C)=O)Sc2ccccc21. The summed E-state index contributed by atoms with van der Waals surface area (Å²) in [6.07, 6.45) is 4.33. The molecule has 1 aromatic heterocycles. The monoisotopic (exact) mass is 495 g/mol. The zero-order valence-corrected chi connectivity index (χ0v) is 21.1. The van der Waals surface area contributed by atoms with Crippen LogP contribution in [-0.4, -0.2) is 31.7 Å². The average molecular weight is 496 g/mol. The number of anilines is 1. The number of aromatic nitrogens is 1. The van der Waals surface area contributed by atoms with E-state index in [4.69, 9.17) is 9.47 Å². The standard InChI is InChI=1S/C26H27N2O4S2/c1-18(16-25-27(12-14-31-19(2)29)21-8-4-6-10-23(21)33-25)17-26-28(13-15-32-20(3)30)22-9-5-7-11-24(22)34-26/h4-11,16-17H,12-15H2,1-3H3/q+1. The van der Waals surface area contributed by atoms with E-state index in [1.807, 2.05) is 24.3 Å². The van der Waals surface area contributed by atoms with Gasteiger partial charge >= 0.3 is 11.9 Å². The minimum atomic E-state index is -0.273. The summed E-state index contributed by atoms with van der Waals surface area (Å²) in [6.45, 7) is 6.78. The van der Waals surface area contributed by atoms with Crippen LogP contribution in [-0.2, 0) is 25.6 Å². The Hall–Kier alpha value is -3.10. The smallest absolute Gasteiger partial charge is 0.302 e. The molecule has 2 aromatic carbocycles. The number of rotatable bonds is 8. The third-order valence-corrected chi connectivity index (χ3v) is 7.44. The van der Waals surface area contributed by atoms with Gasteiger partial charge in [-0.25, -0.2) is 0 Å².